The van der Waals surface area contributed by atoms with E-state index in [0.29, 0.717) is 18.3 Å². The van der Waals surface area contributed by atoms with Crippen molar-refractivity contribution in [3.63, 3.8) is 0 Å². The maximum atomic E-state index is 5.87. The molecule has 0 radical (unpaired) electrons. The predicted octanol–water partition coefficient (Wildman–Crippen LogP) is 4.23. The van der Waals surface area contributed by atoms with Crippen molar-refractivity contribution in [1.29, 1.82) is 0 Å². The molecule has 2 aromatic carbocycles. The normalized spacial score (nSPS) is 16.4. The second-order valence-electron chi connectivity index (χ2n) is 7.50. The summed E-state index contributed by atoms with van der Waals surface area (Å²) in [7, 11) is 1.70. The zero-order valence-electron chi connectivity index (χ0n) is 17.0. The largest absolute Gasteiger partial charge is 0.496 e. The van der Waals surface area contributed by atoms with Gasteiger partial charge in [-0.3, -0.25) is 4.90 Å². The highest BCUT2D eigenvalue weighted by molar-refractivity contribution is 5.53. The van der Waals surface area contributed by atoms with E-state index in [2.05, 4.69) is 40.2 Å². The summed E-state index contributed by atoms with van der Waals surface area (Å²) in [4.78, 5) is 6.93. The van der Waals surface area contributed by atoms with Crippen LogP contribution in [0, 0.1) is 6.92 Å². The number of rotatable bonds is 8. The third-order valence-electron chi connectivity index (χ3n) is 5.17. The Morgan fingerprint density at radius 2 is 2.03 bits per heavy atom. The molecule has 1 aliphatic heterocycles. The molecule has 0 bridgehead atoms. The first-order chi connectivity index (χ1) is 14.2. The molecule has 2 heterocycles. The van der Waals surface area contributed by atoms with Crippen LogP contribution in [0.3, 0.4) is 0 Å². The third kappa shape index (κ3) is 5.02. The second kappa shape index (κ2) is 9.20. The Morgan fingerprint density at radius 3 is 2.83 bits per heavy atom. The van der Waals surface area contributed by atoms with E-state index in [0.717, 1.165) is 49.4 Å². The van der Waals surface area contributed by atoms with E-state index < -0.39 is 0 Å². The minimum atomic E-state index is 0.243. The minimum absolute atomic E-state index is 0.243. The number of hydrogen-bond acceptors (Lipinski definition) is 6. The summed E-state index contributed by atoms with van der Waals surface area (Å²) in [5.41, 5.74) is 3.24. The van der Waals surface area contributed by atoms with Gasteiger partial charge in [-0.05, 0) is 38.0 Å². The lowest BCUT2D eigenvalue weighted by molar-refractivity contribution is 0.0664. The number of methoxy groups -OCH3 is 1. The smallest absolute Gasteiger partial charge is 0.257 e. The summed E-state index contributed by atoms with van der Waals surface area (Å²) in [6.07, 6.45) is 2.45. The molecule has 1 saturated heterocycles. The fraction of sp³-hybridized carbons (Fsp3) is 0.391. The van der Waals surface area contributed by atoms with Gasteiger partial charge in [0.05, 0.1) is 19.8 Å². The Morgan fingerprint density at radius 1 is 1.14 bits per heavy atom. The molecule has 1 fully saturated rings. The lowest BCUT2D eigenvalue weighted by Gasteiger charge is -2.24. The highest BCUT2D eigenvalue weighted by atomic mass is 16.5. The van der Waals surface area contributed by atoms with Crippen molar-refractivity contribution in [1.82, 2.24) is 15.0 Å². The molecular weight excluding hydrogens is 366 g/mol. The Kier molecular flexibility index (Phi) is 6.22. The van der Waals surface area contributed by atoms with E-state index in [9.17, 15) is 0 Å². The molecule has 0 N–H and O–H groups in total. The lowest BCUT2D eigenvalue weighted by atomic mass is 10.1. The van der Waals surface area contributed by atoms with Crippen molar-refractivity contribution in [3.8, 4) is 17.2 Å². The highest BCUT2D eigenvalue weighted by Gasteiger charge is 2.22. The Balaban J connectivity index is 1.52. The lowest BCUT2D eigenvalue weighted by Crippen LogP contribution is -2.32. The van der Waals surface area contributed by atoms with Crippen LogP contribution in [0.1, 0.15) is 29.8 Å². The zero-order chi connectivity index (χ0) is 20.1. The van der Waals surface area contributed by atoms with Gasteiger partial charge >= 0.3 is 0 Å². The standard InChI is InChI=1S/C23H27N3O3/c1-17-7-5-9-18(13-17)23-24-22(25-29-23)16-26(15-20-10-6-12-28-20)14-19-8-3-4-11-21(19)27-2/h3-5,7-9,11,13,20H,6,10,12,14-16H2,1-2H3/t20-/m1/s1. The molecule has 6 heteroatoms. The van der Waals surface area contributed by atoms with Crippen molar-refractivity contribution in [2.24, 2.45) is 0 Å². The molecule has 0 saturated carbocycles. The fourth-order valence-corrected chi connectivity index (χ4v) is 3.75. The van der Waals surface area contributed by atoms with Crippen LogP contribution in [0.4, 0.5) is 0 Å². The molecule has 152 valence electrons. The van der Waals surface area contributed by atoms with E-state index >= 15 is 0 Å². The number of ether oxygens (including phenoxy) is 2. The van der Waals surface area contributed by atoms with Crippen LogP contribution in [0.5, 0.6) is 5.75 Å². The van der Waals surface area contributed by atoms with E-state index in [4.69, 9.17) is 14.0 Å². The van der Waals surface area contributed by atoms with Crippen molar-refractivity contribution in [2.75, 3.05) is 20.3 Å². The average molecular weight is 393 g/mol. The van der Waals surface area contributed by atoms with Gasteiger partial charge in [-0.2, -0.15) is 4.98 Å². The van der Waals surface area contributed by atoms with E-state index in [-0.39, 0.29) is 6.10 Å². The summed E-state index contributed by atoms with van der Waals surface area (Å²) >= 11 is 0. The predicted molar refractivity (Wildman–Crippen MR) is 111 cm³/mol. The van der Waals surface area contributed by atoms with E-state index in [1.54, 1.807) is 7.11 Å². The van der Waals surface area contributed by atoms with Gasteiger partial charge in [-0.25, -0.2) is 0 Å². The number of nitrogens with zero attached hydrogens (tertiary/aromatic N) is 3. The first-order valence-electron chi connectivity index (χ1n) is 10.1. The van der Waals surface area contributed by atoms with Crippen LogP contribution in [-0.4, -0.2) is 41.4 Å². The number of benzene rings is 2. The Labute approximate surface area is 171 Å². The average Bonchev–Trinajstić information content (AvgIpc) is 3.41. The van der Waals surface area contributed by atoms with Crippen LogP contribution in [0.2, 0.25) is 0 Å². The molecule has 4 rings (SSSR count). The molecule has 6 nitrogen and oxygen atoms in total. The van der Waals surface area contributed by atoms with Crippen LogP contribution in [0.25, 0.3) is 11.5 Å². The van der Waals surface area contributed by atoms with Gasteiger partial charge in [0.25, 0.3) is 5.89 Å². The molecule has 1 aromatic heterocycles. The number of aromatic nitrogens is 2. The quantitative estimate of drug-likeness (QED) is 0.571. The zero-order valence-corrected chi connectivity index (χ0v) is 17.0. The van der Waals surface area contributed by atoms with Crippen LogP contribution < -0.4 is 4.74 Å². The van der Waals surface area contributed by atoms with Gasteiger partial charge in [0.2, 0.25) is 0 Å². The summed E-state index contributed by atoms with van der Waals surface area (Å²) in [6, 6.07) is 16.2. The maximum absolute atomic E-state index is 5.87. The van der Waals surface area contributed by atoms with Crippen LogP contribution in [-0.2, 0) is 17.8 Å². The SMILES string of the molecule is COc1ccccc1CN(Cc1noc(-c2cccc(C)c2)n1)C[C@H]1CCCO1. The van der Waals surface area contributed by atoms with E-state index in [1.807, 2.05) is 30.3 Å². The van der Waals surface area contributed by atoms with Gasteiger partial charge < -0.3 is 14.0 Å². The first-order valence-corrected chi connectivity index (χ1v) is 10.1. The molecule has 0 spiro atoms. The van der Waals surface area contributed by atoms with Crippen molar-refractivity contribution in [3.05, 3.63) is 65.5 Å². The maximum Gasteiger partial charge on any atom is 0.257 e. The van der Waals surface area contributed by atoms with Gasteiger partial charge in [0.15, 0.2) is 5.82 Å². The van der Waals surface area contributed by atoms with E-state index in [1.165, 1.54) is 5.56 Å². The number of aryl methyl sites for hydroxylation is 1. The molecule has 1 atom stereocenters. The highest BCUT2D eigenvalue weighted by Crippen LogP contribution is 2.23. The Hall–Kier alpha value is -2.70. The van der Waals surface area contributed by atoms with Gasteiger partial charge in [0, 0.05) is 30.8 Å². The number of hydrogen-bond donors (Lipinski definition) is 0. The summed E-state index contributed by atoms with van der Waals surface area (Å²) < 4.78 is 16.9. The molecular formula is C23H27N3O3. The summed E-state index contributed by atoms with van der Waals surface area (Å²) in [6.45, 7) is 5.04. The van der Waals surface area contributed by atoms with Gasteiger partial charge in [0.1, 0.15) is 5.75 Å². The molecule has 0 amide bonds. The second-order valence-corrected chi connectivity index (χ2v) is 7.50. The van der Waals surface area contributed by atoms with Gasteiger partial charge in [-0.1, -0.05) is 41.1 Å². The van der Waals surface area contributed by atoms with Crippen LogP contribution in [0.15, 0.2) is 53.1 Å². The first kappa shape index (κ1) is 19.6. The molecule has 29 heavy (non-hydrogen) atoms. The Bertz CT molecular complexity index is 934. The molecule has 1 aliphatic rings. The molecule has 0 aliphatic carbocycles. The van der Waals surface area contributed by atoms with Gasteiger partial charge in [-0.15, -0.1) is 0 Å². The fourth-order valence-electron chi connectivity index (χ4n) is 3.75. The summed E-state index contributed by atoms with van der Waals surface area (Å²) in [5, 5.41) is 4.22. The monoisotopic (exact) mass is 393 g/mol. The van der Waals surface area contributed by atoms with Crippen molar-refractivity contribution in [2.45, 2.75) is 39.0 Å². The third-order valence-corrected chi connectivity index (χ3v) is 5.17. The van der Waals surface area contributed by atoms with Crippen LogP contribution >= 0.6 is 0 Å². The minimum Gasteiger partial charge on any atom is -0.496 e. The van der Waals surface area contributed by atoms with Crippen molar-refractivity contribution < 1.29 is 14.0 Å². The topological polar surface area (TPSA) is 60.6 Å². The molecule has 0 unspecified atom stereocenters. The van der Waals surface area contributed by atoms with Crippen molar-refractivity contribution >= 4 is 0 Å². The summed E-state index contributed by atoms with van der Waals surface area (Å²) in [5.74, 6) is 2.12. The number of para-hydroxylation sites is 1. The molecule has 3 aromatic rings.